The highest BCUT2D eigenvalue weighted by molar-refractivity contribution is 5.86. The van der Waals surface area contributed by atoms with Gasteiger partial charge >= 0.3 is 5.97 Å². The summed E-state index contributed by atoms with van der Waals surface area (Å²) < 4.78 is 11.4. The number of rotatable bonds is 6. The predicted octanol–water partition coefficient (Wildman–Crippen LogP) is 5.93. The van der Waals surface area contributed by atoms with Crippen LogP contribution in [0.15, 0.2) is 58.7 Å². The number of benzene rings is 1. The van der Waals surface area contributed by atoms with Gasteiger partial charge in [0.05, 0.1) is 11.7 Å². The van der Waals surface area contributed by atoms with Gasteiger partial charge in [-0.25, -0.2) is 0 Å². The van der Waals surface area contributed by atoms with Gasteiger partial charge in [-0.3, -0.25) is 4.79 Å². The van der Waals surface area contributed by atoms with E-state index in [1.54, 1.807) is 6.26 Å². The maximum atomic E-state index is 13.1. The molecule has 0 saturated heterocycles. The number of hydrogen-bond acceptors (Lipinski definition) is 3. The lowest BCUT2D eigenvalue weighted by atomic mass is 9.92. The molecule has 1 heterocycles. The number of carbonyl (C=O) groups is 1. The van der Waals surface area contributed by atoms with E-state index in [0.29, 0.717) is 0 Å². The molecule has 27 heavy (non-hydrogen) atoms. The molecule has 0 spiro atoms. The van der Waals surface area contributed by atoms with Gasteiger partial charge in [-0.05, 0) is 36.3 Å². The maximum absolute atomic E-state index is 13.1. The Labute approximate surface area is 162 Å². The lowest BCUT2D eigenvalue weighted by molar-refractivity contribution is -0.151. The van der Waals surface area contributed by atoms with Gasteiger partial charge in [0, 0.05) is 12.0 Å². The van der Waals surface area contributed by atoms with E-state index in [-0.39, 0.29) is 23.4 Å². The van der Waals surface area contributed by atoms with E-state index in [2.05, 4.69) is 45.9 Å². The van der Waals surface area contributed by atoms with Gasteiger partial charge in [0.2, 0.25) is 0 Å². The number of furan rings is 1. The van der Waals surface area contributed by atoms with Gasteiger partial charge in [0.15, 0.2) is 0 Å². The Morgan fingerprint density at radius 2 is 1.67 bits per heavy atom. The van der Waals surface area contributed by atoms with Crippen molar-refractivity contribution in [3.8, 4) is 0 Å². The molecule has 0 radical (unpaired) electrons. The lowest BCUT2D eigenvalue weighted by Crippen LogP contribution is -2.24. The molecule has 3 heteroatoms. The van der Waals surface area contributed by atoms with Crippen LogP contribution in [0.2, 0.25) is 0 Å². The second-order valence-electron chi connectivity index (χ2n) is 8.94. The van der Waals surface area contributed by atoms with Crippen molar-refractivity contribution in [2.45, 2.75) is 54.6 Å². The number of hydrogen-bond donors (Lipinski definition) is 0. The van der Waals surface area contributed by atoms with Gasteiger partial charge in [-0.15, -0.1) is 0 Å². The summed E-state index contributed by atoms with van der Waals surface area (Å²) in [7, 11) is 0. The van der Waals surface area contributed by atoms with Crippen LogP contribution in [0.25, 0.3) is 0 Å². The van der Waals surface area contributed by atoms with E-state index in [1.807, 2.05) is 38.1 Å². The smallest absolute Gasteiger partial charge is 0.317 e. The Morgan fingerprint density at radius 3 is 2.22 bits per heavy atom. The molecule has 1 aliphatic rings. The molecule has 1 aliphatic carbocycles. The molecule has 0 amide bonds. The molecule has 2 aromatic rings. The highest BCUT2D eigenvalue weighted by Crippen LogP contribution is 2.79. The van der Waals surface area contributed by atoms with Crippen LogP contribution in [0, 0.1) is 16.2 Å². The molecule has 0 bridgehead atoms. The molecule has 1 aromatic heterocycles. The molecule has 1 aromatic carbocycles. The fourth-order valence-corrected chi connectivity index (χ4v) is 4.37. The minimum absolute atomic E-state index is 0.136. The molecule has 144 valence electrons. The third kappa shape index (κ3) is 3.13. The molecule has 3 rings (SSSR count). The number of ether oxygens (including phenoxy) is 1. The number of allylic oxidation sites excluding steroid dienone is 1. The van der Waals surface area contributed by atoms with E-state index < -0.39 is 5.41 Å². The van der Waals surface area contributed by atoms with E-state index in [1.165, 1.54) is 5.56 Å². The topological polar surface area (TPSA) is 39.4 Å². The molecule has 0 unspecified atom stereocenters. The molecule has 3 nitrogen and oxygen atoms in total. The quantitative estimate of drug-likeness (QED) is 0.470. The summed E-state index contributed by atoms with van der Waals surface area (Å²) in [5, 5.41) is 0. The highest BCUT2D eigenvalue weighted by Gasteiger charge is 2.80. The molecular formula is C24H30O3. The monoisotopic (exact) mass is 366 g/mol. The first-order valence-electron chi connectivity index (χ1n) is 9.55. The molecule has 1 fully saturated rings. The van der Waals surface area contributed by atoms with Crippen molar-refractivity contribution in [2.24, 2.45) is 16.2 Å². The van der Waals surface area contributed by atoms with E-state index in [0.717, 1.165) is 23.3 Å². The zero-order valence-electron chi connectivity index (χ0n) is 17.3. The summed E-state index contributed by atoms with van der Waals surface area (Å²) in [6.45, 7) is 12.9. The van der Waals surface area contributed by atoms with Gasteiger partial charge in [0.25, 0.3) is 0 Å². The Bertz CT molecular complexity index is 835. The SMILES string of the molecule is CC(C)=CC1(C(=O)OCc2coc(Cc3ccccc3)c2)C(C)(C)C1(C)C. The van der Waals surface area contributed by atoms with Gasteiger partial charge in [-0.2, -0.15) is 0 Å². The number of esters is 1. The van der Waals surface area contributed by atoms with Crippen molar-refractivity contribution >= 4 is 5.97 Å². The van der Waals surface area contributed by atoms with Gasteiger partial charge in [0.1, 0.15) is 12.4 Å². The van der Waals surface area contributed by atoms with Crippen molar-refractivity contribution in [1.29, 1.82) is 0 Å². The van der Waals surface area contributed by atoms with E-state index >= 15 is 0 Å². The Hall–Kier alpha value is -2.29. The molecule has 1 saturated carbocycles. The fourth-order valence-electron chi connectivity index (χ4n) is 4.37. The second-order valence-corrected chi connectivity index (χ2v) is 8.94. The van der Waals surface area contributed by atoms with Crippen LogP contribution in [-0.2, 0) is 22.6 Å². The summed E-state index contributed by atoms with van der Waals surface area (Å²) in [5.41, 5.74) is 2.37. The van der Waals surface area contributed by atoms with Crippen LogP contribution in [0.4, 0.5) is 0 Å². The van der Waals surface area contributed by atoms with Gasteiger partial charge < -0.3 is 9.15 Å². The zero-order valence-corrected chi connectivity index (χ0v) is 17.3. The summed E-state index contributed by atoms with van der Waals surface area (Å²) >= 11 is 0. The summed E-state index contributed by atoms with van der Waals surface area (Å²) in [4.78, 5) is 13.1. The van der Waals surface area contributed by atoms with Crippen molar-refractivity contribution in [3.63, 3.8) is 0 Å². The van der Waals surface area contributed by atoms with Crippen LogP contribution in [-0.4, -0.2) is 5.97 Å². The van der Waals surface area contributed by atoms with Crippen molar-refractivity contribution in [3.05, 3.63) is 71.2 Å². The molecule has 0 N–H and O–H groups in total. The molecular weight excluding hydrogens is 336 g/mol. The highest BCUT2D eigenvalue weighted by atomic mass is 16.5. The summed E-state index contributed by atoms with van der Waals surface area (Å²) in [5.74, 6) is 0.725. The zero-order chi connectivity index (χ0) is 19.9. The predicted molar refractivity (Wildman–Crippen MR) is 107 cm³/mol. The first-order valence-corrected chi connectivity index (χ1v) is 9.55. The van der Waals surface area contributed by atoms with Gasteiger partial charge in [-0.1, -0.05) is 69.7 Å². The second kappa shape index (κ2) is 6.70. The Kier molecular flexibility index (Phi) is 4.83. The van der Waals surface area contributed by atoms with Crippen LogP contribution in [0.5, 0.6) is 0 Å². The molecule has 0 atom stereocenters. The lowest BCUT2D eigenvalue weighted by Gasteiger charge is -2.17. The largest absolute Gasteiger partial charge is 0.469 e. The van der Waals surface area contributed by atoms with Crippen LogP contribution in [0.1, 0.15) is 58.4 Å². The standard InChI is InChI=1S/C24H30O3/c1-17(2)14-24(22(3,4)23(24,5)6)21(25)27-16-19-13-20(26-15-19)12-18-10-8-7-9-11-18/h7-11,13-15H,12,16H2,1-6H3. The van der Waals surface area contributed by atoms with Crippen molar-refractivity contribution in [2.75, 3.05) is 0 Å². The van der Waals surface area contributed by atoms with Crippen LogP contribution >= 0.6 is 0 Å². The first-order chi connectivity index (χ1) is 12.6. The fraction of sp³-hybridized carbons (Fsp3) is 0.458. The molecule has 0 aliphatic heterocycles. The average molecular weight is 367 g/mol. The van der Waals surface area contributed by atoms with Crippen molar-refractivity contribution in [1.82, 2.24) is 0 Å². The first kappa shape index (κ1) is 19.5. The summed E-state index contributed by atoms with van der Waals surface area (Å²) in [6, 6.07) is 12.1. The number of carbonyl (C=O) groups excluding carboxylic acids is 1. The Morgan fingerprint density at radius 1 is 1.04 bits per heavy atom. The minimum atomic E-state index is -0.574. The summed E-state index contributed by atoms with van der Waals surface area (Å²) in [6.07, 6.45) is 4.50. The van der Waals surface area contributed by atoms with Crippen LogP contribution < -0.4 is 0 Å². The van der Waals surface area contributed by atoms with E-state index in [4.69, 9.17) is 9.15 Å². The third-order valence-corrected chi connectivity index (χ3v) is 6.60. The third-order valence-electron chi connectivity index (χ3n) is 6.60. The van der Waals surface area contributed by atoms with Crippen molar-refractivity contribution < 1.29 is 13.9 Å². The maximum Gasteiger partial charge on any atom is 0.317 e. The average Bonchev–Trinajstić information content (AvgIpc) is 2.93. The normalized spacial score (nSPS) is 18.6. The van der Waals surface area contributed by atoms with Crippen LogP contribution in [0.3, 0.4) is 0 Å². The Balaban J connectivity index is 1.68. The van der Waals surface area contributed by atoms with E-state index in [9.17, 15) is 4.79 Å². The minimum Gasteiger partial charge on any atom is -0.469 e.